The number of nitrogens with zero attached hydrogens (tertiary/aromatic N) is 7. The highest BCUT2D eigenvalue weighted by Crippen LogP contribution is 2.16. The quantitative estimate of drug-likeness (QED) is 0.455. The Bertz CT molecular complexity index is 937. The first-order chi connectivity index (χ1) is 12.5. The number of hydrogen-bond donors (Lipinski definition) is 2. The van der Waals surface area contributed by atoms with Gasteiger partial charge in [0.1, 0.15) is 11.5 Å². The van der Waals surface area contributed by atoms with Gasteiger partial charge in [-0.25, -0.2) is 10.1 Å². The van der Waals surface area contributed by atoms with Crippen molar-refractivity contribution in [2.75, 3.05) is 19.8 Å². The first-order valence-electron chi connectivity index (χ1n) is 7.53. The van der Waals surface area contributed by atoms with Crippen molar-refractivity contribution in [3.8, 4) is 5.82 Å². The number of nitrogens with one attached hydrogen (secondary N) is 1. The van der Waals surface area contributed by atoms with E-state index in [0.29, 0.717) is 18.0 Å². The highest BCUT2D eigenvalue weighted by molar-refractivity contribution is 5.94. The summed E-state index contributed by atoms with van der Waals surface area (Å²) < 4.78 is 11.2. The molecule has 12 heteroatoms. The molecule has 3 aromatic rings. The summed E-state index contributed by atoms with van der Waals surface area (Å²) >= 11 is 0. The Morgan fingerprint density at radius 2 is 2.23 bits per heavy atom. The number of furan rings is 1. The van der Waals surface area contributed by atoms with Crippen LogP contribution < -0.4 is 11.2 Å². The second-order valence-electron chi connectivity index (χ2n) is 5.65. The van der Waals surface area contributed by atoms with E-state index in [1.807, 2.05) is 25.9 Å². The molecule has 0 unspecified atom stereocenters. The number of aromatic nitrogens is 5. The fourth-order valence-electron chi connectivity index (χ4n) is 2.16. The van der Waals surface area contributed by atoms with Crippen LogP contribution in [0.25, 0.3) is 5.82 Å². The van der Waals surface area contributed by atoms with Crippen LogP contribution in [0.3, 0.4) is 0 Å². The van der Waals surface area contributed by atoms with Gasteiger partial charge in [-0.15, -0.1) is 5.10 Å². The van der Waals surface area contributed by atoms with Crippen LogP contribution in [0.2, 0.25) is 0 Å². The predicted octanol–water partition coefficient (Wildman–Crippen LogP) is -0.0406. The van der Waals surface area contributed by atoms with Gasteiger partial charge in [0.25, 0.3) is 5.91 Å². The molecule has 3 rings (SSSR count). The highest BCUT2D eigenvalue weighted by Gasteiger charge is 2.24. The molecule has 3 heterocycles. The summed E-state index contributed by atoms with van der Waals surface area (Å²) in [5.41, 5.74) is 8.62. The third-order valence-electron chi connectivity index (χ3n) is 3.26. The second-order valence-corrected chi connectivity index (χ2v) is 5.65. The smallest absolute Gasteiger partial charge is 0.293 e. The Hall–Kier alpha value is -3.54. The van der Waals surface area contributed by atoms with Gasteiger partial charge in [0, 0.05) is 6.54 Å². The van der Waals surface area contributed by atoms with Crippen LogP contribution in [0.15, 0.2) is 26.3 Å². The molecule has 0 fully saturated rings. The standard InChI is InChI=1S/C14H17N9O3/c1-8-4-5-9(25-8)6-16-18-14(24)11-10(7-22(2)3)23(21-17-11)13-12(15)19-26-20-13/h4-6H,7H2,1-3H3,(H2,15,19)(H,18,24)/b16-6-. The number of carbonyl (C=O) groups is 1. The average molecular weight is 359 g/mol. The Kier molecular flexibility index (Phi) is 4.75. The first kappa shape index (κ1) is 17.3. The van der Waals surface area contributed by atoms with Gasteiger partial charge in [-0.3, -0.25) is 4.79 Å². The van der Waals surface area contributed by atoms with Crippen molar-refractivity contribution < 1.29 is 13.8 Å². The Balaban J connectivity index is 1.84. The van der Waals surface area contributed by atoms with Gasteiger partial charge < -0.3 is 15.1 Å². The van der Waals surface area contributed by atoms with Crippen LogP contribution in [0, 0.1) is 6.92 Å². The van der Waals surface area contributed by atoms with Crippen molar-refractivity contribution in [1.29, 1.82) is 0 Å². The minimum Gasteiger partial charge on any atom is -0.460 e. The molecule has 0 saturated carbocycles. The SMILES string of the molecule is Cc1ccc(/C=N\NC(=O)c2nnn(-c3nonc3N)c2CN(C)C)o1. The van der Waals surface area contributed by atoms with E-state index in [0.717, 1.165) is 5.76 Å². The molecule has 0 aliphatic carbocycles. The van der Waals surface area contributed by atoms with Gasteiger partial charge in [-0.2, -0.15) is 9.78 Å². The normalized spacial score (nSPS) is 11.5. The molecule has 0 spiro atoms. The lowest BCUT2D eigenvalue weighted by Gasteiger charge is -2.10. The number of anilines is 1. The van der Waals surface area contributed by atoms with E-state index in [2.05, 4.69) is 35.8 Å². The maximum Gasteiger partial charge on any atom is 0.293 e. The van der Waals surface area contributed by atoms with Crippen LogP contribution in [0.5, 0.6) is 0 Å². The summed E-state index contributed by atoms with van der Waals surface area (Å²) in [7, 11) is 3.67. The van der Waals surface area contributed by atoms with Crippen LogP contribution in [-0.4, -0.2) is 56.4 Å². The third-order valence-corrected chi connectivity index (χ3v) is 3.26. The fraction of sp³-hybridized carbons (Fsp3) is 0.286. The molecule has 12 nitrogen and oxygen atoms in total. The summed E-state index contributed by atoms with van der Waals surface area (Å²) in [6, 6.07) is 3.53. The molecule has 0 bridgehead atoms. The molecule has 3 aromatic heterocycles. The van der Waals surface area contributed by atoms with Crippen molar-refractivity contribution in [3.05, 3.63) is 35.0 Å². The lowest BCUT2D eigenvalue weighted by molar-refractivity contribution is 0.0948. The second kappa shape index (κ2) is 7.14. The van der Waals surface area contributed by atoms with Crippen molar-refractivity contribution in [1.82, 2.24) is 35.6 Å². The van der Waals surface area contributed by atoms with E-state index >= 15 is 0 Å². The molecule has 0 radical (unpaired) electrons. The van der Waals surface area contributed by atoms with E-state index < -0.39 is 5.91 Å². The Morgan fingerprint density at radius 1 is 1.42 bits per heavy atom. The topological polar surface area (TPSA) is 153 Å². The molecule has 136 valence electrons. The number of nitrogen functional groups attached to an aromatic ring is 1. The van der Waals surface area contributed by atoms with E-state index in [1.165, 1.54) is 10.9 Å². The number of aryl methyl sites for hydroxylation is 1. The maximum absolute atomic E-state index is 12.4. The number of hydrogen-bond acceptors (Lipinski definition) is 10. The maximum atomic E-state index is 12.4. The third kappa shape index (κ3) is 3.59. The Morgan fingerprint density at radius 3 is 2.85 bits per heavy atom. The van der Waals surface area contributed by atoms with Crippen molar-refractivity contribution >= 4 is 17.9 Å². The number of nitrogens with two attached hydrogens (primary N) is 1. The molecule has 3 N–H and O–H groups in total. The van der Waals surface area contributed by atoms with Crippen molar-refractivity contribution in [3.63, 3.8) is 0 Å². The molecular weight excluding hydrogens is 342 g/mol. The summed E-state index contributed by atoms with van der Waals surface area (Å²) in [5.74, 6) is 0.910. The lowest BCUT2D eigenvalue weighted by Crippen LogP contribution is -2.23. The van der Waals surface area contributed by atoms with Crippen molar-refractivity contribution in [2.24, 2.45) is 5.10 Å². The first-order valence-corrected chi connectivity index (χ1v) is 7.53. The molecule has 26 heavy (non-hydrogen) atoms. The number of carbonyl (C=O) groups excluding carboxylic acids is 1. The van der Waals surface area contributed by atoms with E-state index in [-0.39, 0.29) is 17.3 Å². The van der Waals surface area contributed by atoms with Crippen LogP contribution in [0.4, 0.5) is 5.82 Å². The zero-order valence-electron chi connectivity index (χ0n) is 14.4. The van der Waals surface area contributed by atoms with E-state index in [4.69, 9.17) is 10.2 Å². The number of hydrazone groups is 1. The van der Waals surface area contributed by atoms with E-state index in [9.17, 15) is 4.79 Å². The van der Waals surface area contributed by atoms with Crippen LogP contribution >= 0.6 is 0 Å². The van der Waals surface area contributed by atoms with E-state index in [1.54, 1.807) is 12.1 Å². The summed E-state index contributed by atoms with van der Waals surface area (Å²) in [5, 5.41) is 18.9. The zero-order chi connectivity index (χ0) is 18.7. The minimum absolute atomic E-state index is 0.0353. The molecular formula is C14H17N9O3. The van der Waals surface area contributed by atoms with Gasteiger partial charge in [0.2, 0.25) is 11.6 Å². The van der Waals surface area contributed by atoms with Crippen LogP contribution in [0.1, 0.15) is 27.7 Å². The fourth-order valence-corrected chi connectivity index (χ4v) is 2.16. The van der Waals surface area contributed by atoms with Gasteiger partial charge >= 0.3 is 0 Å². The molecule has 0 atom stereocenters. The largest absolute Gasteiger partial charge is 0.460 e. The van der Waals surface area contributed by atoms with Crippen molar-refractivity contribution in [2.45, 2.75) is 13.5 Å². The summed E-state index contributed by atoms with van der Waals surface area (Å²) in [6.45, 7) is 2.16. The lowest BCUT2D eigenvalue weighted by atomic mass is 10.3. The van der Waals surface area contributed by atoms with Gasteiger partial charge in [0.05, 0.1) is 11.9 Å². The van der Waals surface area contributed by atoms with Crippen LogP contribution in [-0.2, 0) is 6.54 Å². The average Bonchev–Trinajstić information content (AvgIpc) is 3.27. The van der Waals surface area contributed by atoms with Gasteiger partial charge in [0.15, 0.2) is 5.69 Å². The molecule has 0 saturated heterocycles. The summed E-state index contributed by atoms with van der Waals surface area (Å²) in [4.78, 5) is 14.3. The zero-order valence-corrected chi connectivity index (χ0v) is 14.4. The predicted molar refractivity (Wildman–Crippen MR) is 89.5 cm³/mol. The monoisotopic (exact) mass is 359 g/mol. The molecule has 1 amide bonds. The Labute approximate surface area is 147 Å². The van der Waals surface area contributed by atoms with Gasteiger partial charge in [-0.05, 0) is 43.5 Å². The number of amides is 1. The minimum atomic E-state index is -0.539. The molecule has 0 aliphatic rings. The molecule has 0 aliphatic heterocycles. The molecule has 0 aromatic carbocycles. The highest BCUT2D eigenvalue weighted by atomic mass is 16.6. The number of rotatable bonds is 6. The summed E-state index contributed by atoms with van der Waals surface area (Å²) in [6.07, 6.45) is 1.39. The van der Waals surface area contributed by atoms with Gasteiger partial charge in [-0.1, -0.05) is 5.21 Å².